The number of carbonyl (C=O) groups is 1. The van der Waals surface area contributed by atoms with Crippen molar-refractivity contribution in [1.82, 2.24) is 10.3 Å². The highest BCUT2D eigenvalue weighted by molar-refractivity contribution is 7.15. The lowest BCUT2D eigenvalue weighted by atomic mass is 9.63. The summed E-state index contributed by atoms with van der Waals surface area (Å²) in [5.41, 5.74) is -0.628. The van der Waals surface area contributed by atoms with Gasteiger partial charge in [-0.25, -0.2) is 9.98 Å². The molecule has 1 aromatic carbocycles. The summed E-state index contributed by atoms with van der Waals surface area (Å²) < 4.78 is 39.3. The van der Waals surface area contributed by atoms with Gasteiger partial charge in [0.05, 0.1) is 10.8 Å². The van der Waals surface area contributed by atoms with E-state index in [9.17, 15) is 28.2 Å². The lowest BCUT2D eigenvalue weighted by molar-refractivity contribution is -0.154. The molecular formula is C24H27F3N4O3S. The molecule has 0 bridgehead atoms. The predicted octanol–water partition coefficient (Wildman–Crippen LogP) is 5.03. The molecule has 1 aliphatic heterocycles. The fraction of sp³-hybridized carbons (Fsp3) is 0.458. The number of halogens is 3. The van der Waals surface area contributed by atoms with Gasteiger partial charge in [-0.1, -0.05) is 25.5 Å². The van der Waals surface area contributed by atoms with Crippen LogP contribution in [0.2, 0.25) is 0 Å². The quantitative estimate of drug-likeness (QED) is 0.451. The standard InChI is InChI=1S/C24H27F3N4O3S/c1-13-4-5-16(30-21-28-9-7-18(31-21)24(25,26)27)14(10-13)17-11-29-20(35-17)23(34)8-6-15(19(32)33)22(2,3)12-23/h4-5,7,9-11,15,21,28,30,34H,6,8,12H2,1-3H3,(H,32,33)/t15-,21?,23-/m1/s1. The average Bonchev–Trinajstić information content (AvgIpc) is 3.25. The van der Waals surface area contributed by atoms with Gasteiger partial charge < -0.3 is 20.8 Å². The second kappa shape index (κ2) is 8.94. The van der Waals surface area contributed by atoms with Crippen LogP contribution in [-0.4, -0.2) is 39.3 Å². The largest absolute Gasteiger partial charge is 0.481 e. The molecule has 0 saturated heterocycles. The van der Waals surface area contributed by atoms with Gasteiger partial charge in [-0.2, -0.15) is 13.2 Å². The zero-order valence-corrected chi connectivity index (χ0v) is 20.3. The molecule has 4 rings (SSSR count). The Balaban J connectivity index is 1.62. The molecule has 2 aliphatic rings. The van der Waals surface area contributed by atoms with Crippen molar-refractivity contribution in [2.45, 2.75) is 58.1 Å². The van der Waals surface area contributed by atoms with Crippen LogP contribution in [0.1, 0.15) is 43.7 Å². The number of benzene rings is 1. The molecule has 1 unspecified atom stereocenters. The van der Waals surface area contributed by atoms with Crippen molar-refractivity contribution < 1.29 is 28.2 Å². The van der Waals surface area contributed by atoms with Crippen molar-refractivity contribution in [2.75, 3.05) is 5.32 Å². The number of allylic oxidation sites excluding steroid dienone is 1. The minimum Gasteiger partial charge on any atom is -0.481 e. The number of thiazole rings is 1. The molecule has 1 saturated carbocycles. The van der Waals surface area contributed by atoms with Crippen LogP contribution in [0.3, 0.4) is 0 Å². The summed E-state index contributed by atoms with van der Waals surface area (Å²) >= 11 is 1.29. The van der Waals surface area contributed by atoms with Crippen molar-refractivity contribution in [2.24, 2.45) is 16.3 Å². The number of aryl methyl sites for hydroxylation is 1. The summed E-state index contributed by atoms with van der Waals surface area (Å²) in [4.78, 5) is 20.5. The summed E-state index contributed by atoms with van der Waals surface area (Å²) in [6.07, 6.45) is -0.964. The predicted molar refractivity (Wildman–Crippen MR) is 128 cm³/mol. The van der Waals surface area contributed by atoms with E-state index in [1.165, 1.54) is 17.5 Å². The van der Waals surface area contributed by atoms with Crippen LogP contribution in [-0.2, 0) is 10.4 Å². The molecule has 11 heteroatoms. The zero-order chi connectivity index (χ0) is 25.6. The fourth-order valence-electron chi connectivity index (χ4n) is 4.81. The summed E-state index contributed by atoms with van der Waals surface area (Å²) in [6, 6.07) is 5.49. The number of hydrogen-bond acceptors (Lipinski definition) is 7. The maximum atomic E-state index is 13.1. The number of alkyl halides is 3. The van der Waals surface area contributed by atoms with E-state index in [1.807, 2.05) is 32.9 Å². The zero-order valence-electron chi connectivity index (χ0n) is 19.5. The van der Waals surface area contributed by atoms with E-state index in [0.717, 1.165) is 22.1 Å². The third-order valence-corrected chi connectivity index (χ3v) is 7.75. The Bertz CT molecular complexity index is 1190. The molecule has 7 nitrogen and oxygen atoms in total. The highest BCUT2D eigenvalue weighted by Gasteiger charge is 2.49. The van der Waals surface area contributed by atoms with Crippen molar-refractivity contribution in [3.8, 4) is 10.4 Å². The number of aromatic nitrogens is 1. The molecule has 3 atom stereocenters. The van der Waals surface area contributed by atoms with Crippen molar-refractivity contribution in [3.63, 3.8) is 0 Å². The third kappa shape index (κ3) is 5.20. The first-order valence-corrected chi connectivity index (χ1v) is 12.0. The second-order valence-electron chi connectivity index (χ2n) is 9.76. The lowest BCUT2D eigenvalue weighted by Gasteiger charge is -2.44. The number of carboxylic acids is 1. The second-order valence-corrected chi connectivity index (χ2v) is 10.8. The molecule has 1 aromatic heterocycles. The first kappa shape index (κ1) is 25.2. The van der Waals surface area contributed by atoms with Crippen LogP contribution >= 0.6 is 11.3 Å². The number of aliphatic hydroxyl groups is 1. The maximum Gasteiger partial charge on any atom is 0.433 e. The maximum absolute atomic E-state index is 13.1. The highest BCUT2D eigenvalue weighted by atomic mass is 32.1. The van der Waals surface area contributed by atoms with E-state index in [-0.39, 0.29) is 12.8 Å². The summed E-state index contributed by atoms with van der Waals surface area (Å²) in [5, 5.41) is 27.2. The Labute approximate surface area is 204 Å². The molecule has 188 valence electrons. The molecule has 1 aliphatic carbocycles. The molecule has 2 aromatic rings. The summed E-state index contributed by atoms with van der Waals surface area (Å²) in [6.45, 7) is 5.59. The molecule has 0 spiro atoms. The summed E-state index contributed by atoms with van der Waals surface area (Å²) in [7, 11) is 0. The van der Waals surface area contributed by atoms with Crippen LogP contribution in [0.15, 0.2) is 41.7 Å². The monoisotopic (exact) mass is 508 g/mol. The molecular weight excluding hydrogens is 481 g/mol. The smallest absolute Gasteiger partial charge is 0.433 e. The van der Waals surface area contributed by atoms with E-state index in [1.54, 1.807) is 12.3 Å². The van der Waals surface area contributed by atoms with Gasteiger partial charge in [0.25, 0.3) is 0 Å². The van der Waals surface area contributed by atoms with Gasteiger partial charge in [-0.05, 0) is 49.8 Å². The molecule has 0 amide bonds. The third-order valence-electron chi connectivity index (χ3n) is 6.53. The molecule has 0 radical (unpaired) electrons. The number of aliphatic carboxylic acids is 1. The van der Waals surface area contributed by atoms with Gasteiger partial charge in [-0.15, -0.1) is 11.3 Å². The van der Waals surface area contributed by atoms with E-state index < -0.39 is 41.1 Å². The minimum absolute atomic E-state index is 0.260. The SMILES string of the molecule is Cc1ccc(NC2N=C(C(F)(F)F)C=CN2)c(-c2cnc([C@@]3(O)CC[C@H](C(=O)O)C(C)(C)C3)s2)c1. The summed E-state index contributed by atoms with van der Waals surface area (Å²) in [5.74, 6) is -1.41. The Kier molecular flexibility index (Phi) is 6.43. The number of nitrogens with one attached hydrogen (secondary N) is 2. The van der Waals surface area contributed by atoms with Gasteiger partial charge in [0.2, 0.25) is 0 Å². The lowest BCUT2D eigenvalue weighted by Crippen LogP contribution is -2.44. The van der Waals surface area contributed by atoms with Gasteiger partial charge in [0, 0.05) is 23.6 Å². The first-order valence-electron chi connectivity index (χ1n) is 11.2. The van der Waals surface area contributed by atoms with Gasteiger partial charge in [0.1, 0.15) is 16.3 Å². The van der Waals surface area contributed by atoms with E-state index in [2.05, 4.69) is 20.6 Å². The molecule has 2 heterocycles. The number of rotatable bonds is 5. The molecule has 35 heavy (non-hydrogen) atoms. The number of carboxylic acid groups (broad SMARTS) is 1. The van der Waals surface area contributed by atoms with Gasteiger partial charge in [0.15, 0.2) is 6.29 Å². The van der Waals surface area contributed by atoms with Gasteiger partial charge >= 0.3 is 12.1 Å². The van der Waals surface area contributed by atoms with Gasteiger partial charge in [-0.3, -0.25) is 4.79 Å². The minimum atomic E-state index is -4.55. The van der Waals surface area contributed by atoms with Crippen LogP contribution in [0.4, 0.5) is 18.9 Å². The normalized spacial score (nSPS) is 26.1. The fourth-order valence-corrected chi connectivity index (χ4v) is 5.87. The van der Waals surface area contributed by atoms with E-state index >= 15 is 0 Å². The van der Waals surface area contributed by atoms with Crippen LogP contribution < -0.4 is 10.6 Å². The Hall–Kier alpha value is -2.92. The van der Waals surface area contributed by atoms with Crippen molar-refractivity contribution >= 4 is 28.7 Å². The Morgan fingerprint density at radius 1 is 1.31 bits per heavy atom. The van der Waals surface area contributed by atoms with E-state index in [0.29, 0.717) is 17.1 Å². The topological polar surface area (TPSA) is 107 Å². The average molecular weight is 509 g/mol. The van der Waals surface area contributed by atoms with Crippen molar-refractivity contribution in [1.29, 1.82) is 0 Å². The van der Waals surface area contributed by atoms with Crippen LogP contribution in [0, 0.1) is 18.3 Å². The molecule has 4 N–H and O–H groups in total. The Morgan fingerprint density at radius 2 is 2.06 bits per heavy atom. The molecule has 1 fully saturated rings. The highest BCUT2D eigenvalue weighted by Crippen LogP contribution is 2.51. The van der Waals surface area contributed by atoms with Crippen LogP contribution in [0.25, 0.3) is 10.4 Å². The number of hydrogen-bond donors (Lipinski definition) is 4. The first-order chi connectivity index (χ1) is 16.3. The van der Waals surface area contributed by atoms with Crippen LogP contribution in [0.5, 0.6) is 0 Å². The van der Waals surface area contributed by atoms with E-state index in [4.69, 9.17) is 0 Å². The Morgan fingerprint density at radius 3 is 2.71 bits per heavy atom. The number of nitrogens with zero attached hydrogens (tertiary/aromatic N) is 2. The number of aliphatic imine (C=N–C) groups is 1. The number of anilines is 1. The van der Waals surface area contributed by atoms with Crippen molar-refractivity contribution in [3.05, 3.63) is 47.2 Å².